The Morgan fingerprint density at radius 3 is 3.15 bits per heavy atom. The first kappa shape index (κ1) is 8.26. The van der Waals surface area contributed by atoms with Gasteiger partial charge < -0.3 is 9.52 Å². The predicted molar refractivity (Wildman–Crippen MR) is 49.4 cm³/mol. The number of hydrogen-bond acceptors (Lipinski definition) is 3. The summed E-state index contributed by atoms with van der Waals surface area (Å²) < 4.78 is 5.16. The fourth-order valence-corrected chi connectivity index (χ4v) is 1.42. The summed E-state index contributed by atoms with van der Waals surface area (Å²) in [5, 5.41) is 8.71. The molecule has 2 aromatic rings. The Morgan fingerprint density at radius 2 is 2.31 bits per heavy atom. The zero-order valence-corrected chi connectivity index (χ0v) is 7.23. The number of fused-ring (bicyclic) bond motifs is 1. The molecule has 68 valence electrons. The van der Waals surface area contributed by atoms with Gasteiger partial charge in [0.2, 0.25) is 0 Å². The van der Waals surface area contributed by atoms with Crippen LogP contribution in [0, 0.1) is 0 Å². The second-order valence-electron chi connectivity index (χ2n) is 2.94. The lowest BCUT2D eigenvalue weighted by Crippen LogP contribution is -1.90. The average Bonchev–Trinajstić information content (AvgIpc) is 2.62. The lowest BCUT2D eigenvalue weighted by Gasteiger charge is -1.98. The number of hydrogen-bond donors (Lipinski definition) is 1. The second kappa shape index (κ2) is 3.58. The van der Waals surface area contributed by atoms with Crippen molar-refractivity contribution in [3.63, 3.8) is 0 Å². The van der Waals surface area contributed by atoms with E-state index >= 15 is 0 Å². The third-order valence-electron chi connectivity index (χ3n) is 2.05. The Labute approximate surface area is 76.0 Å². The van der Waals surface area contributed by atoms with Crippen LogP contribution < -0.4 is 0 Å². The molecule has 1 N–H and O–H groups in total. The summed E-state index contributed by atoms with van der Waals surface area (Å²) in [7, 11) is 0. The summed E-state index contributed by atoms with van der Waals surface area (Å²) >= 11 is 0. The minimum absolute atomic E-state index is 0.217. The van der Waals surface area contributed by atoms with Crippen molar-refractivity contribution in [3.8, 4) is 0 Å². The minimum atomic E-state index is 0.217. The van der Waals surface area contributed by atoms with Crippen LogP contribution in [0.1, 0.15) is 12.0 Å². The first-order valence-corrected chi connectivity index (χ1v) is 4.34. The Kier molecular flexibility index (Phi) is 2.27. The quantitative estimate of drug-likeness (QED) is 0.776. The van der Waals surface area contributed by atoms with Crippen molar-refractivity contribution < 1.29 is 9.52 Å². The topological polar surface area (TPSA) is 46.3 Å². The van der Waals surface area contributed by atoms with Gasteiger partial charge in [0, 0.05) is 6.61 Å². The van der Waals surface area contributed by atoms with E-state index in [-0.39, 0.29) is 6.61 Å². The van der Waals surface area contributed by atoms with Crippen LogP contribution >= 0.6 is 0 Å². The number of benzene rings is 1. The van der Waals surface area contributed by atoms with E-state index in [0.717, 1.165) is 29.5 Å². The summed E-state index contributed by atoms with van der Waals surface area (Å²) in [4.78, 5) is 4.12. The third kappa shape index (κ3) is 1.55. The standard InChI is InChI=1S/C10H11NO2/c12-6-2-4-8-3-1-5-9-10(8)11-7-13-9/h1,3,5,7,12H,2,4,6H2. The maximum Gasteiger partial charge on any atom is 0.181 e. The van der Waals surface area contributed by atoms with Gasteiger partial charge in [0.1, 0.15) is 5.52 Å². The van der Waals surface area contributed by atoms with Gasteiger partial charge in [-0.15, -0.1) is 0 Å². The molecule has 0 amide bonds. The Balaban J connectivity index is 2.37. The third-order valence-corrected chi connectivity index (χ3v) is 2.05. The molecule has 0 aliphatic carbocycles. The number of para-hydroxylation sites is 1. The fourth-order valence-electron chi connectivity index (χ4n) is 1.42. The van der Waals surface area contributed by atoms with Crippen LogP contribution in [-0.4, -0.2) is 16.7 Å². The van der Waals surface area contributed by atoms with Gasteiger partial charge >= 0.3 is 0 Å². The molecule has 0 unspecified atom stereocenters. The number of aliphatic hydroxyl groups is 1. The van der Waals surface area contributed by atoms with Gasteiger partial charge in [-0.1, -0.05) is 12.1 Å². The minimum Gasteiger partial charge on any atom is -0.443 e. The van der Waals surface area contributed by atoms with Crippen LogP contribution in [0.4, 0.5) is 0 Å². The highest BCUT2D eigenvalue weighted by Crippen LogP contribution is 2.17. The SMILES string of the molecule is OCCCc1cccc2ocnc12. The van der Waals surface area contributed by atoms with Gasteiger partial charge in [0.05, 0.1) is 0 Å². The van der Waals surface area contributed by atoms with E-state index in [9.17, 15) is 0 Å². The molecule has 3 nitrogen and oxygen atoms in total. The number of aromatic nitrogens is 1. The first-order chi connectivity index (χ1) is 6.42. The van der Waals surface area contributed by atoms with Crippen molar-refractivity contribution in [3.05, 3.63) is 30.2 Å². The van der Waals surface area contributed by atoms with E-state index < -0.39 is 0 Å². The number of aliphatic hydroxyl groups excluding tert-OH is 1. The molecule has 0 fully saturated rings. The lowest BCUT2D eigenvalue weighted by molar-refractivity contribution is 0.288. The zero-order chi connectivity index (χ0) is 9.10. The smallest absolute Gasteiger partial charge is 0.181 e. The van der Waals surface area contributed by atoms with Crippen LogP contribution in [0.25, 0.3) is 11.1 Å². The lowest BCUT2D eigenvalue weighted by atomic mass is 10.1. The van der Waals surface area contributed by atoms with E-state index in [1.54, 1.807) is 0 Å². The van der Waals surface area contributed by atoms with E-state index in [2.05, 4.69) is 4.98 Å². The molecule has 13 heavy (non-hydrogen) atoms. The van der Waals surface area contributed by atoms with Gasteiger partial charge in [-0.25, -0.2) is 4.98 Å². The molecule has 0 saturated heterocycles. The van der Waals surface area contributed by atoms with Crippen molar-refractivity contribution in [1.29, 1.82) is 0 Å². The van der Waals surface area contributed by atoms with E-state index in [1.807, 2.05) is 18.2 Å². The van der Waals surface area contributed by atoms with Gasteiger partial charge in [0.15, 0.2) is 12.0 Å². The van der Waals surface area contributed by atoms with Crippen molar-refractivity contribution >= 4 is 11.1 Å². The van der Waals surface area contributed by atoms with Gasteiger partial charge in [-0.05, 0) is 24.5 Å². The molecule has 0 aliphatic heterocycles. The predicted octanol–water partition coefficient (Wildman–Crippen LogP) is 1.75. The molecule has 0 atom stereocenters. The molecule has 1 aromatic heterocycles. The summed E-state index contributed by atoms with van der Waals surface area (Å²) in [5.41, 5.74) is 2.87. The molecule has 0 saturated carbocycles. The monoisotopic (exact) mass is 177 g/mol. The van der Waals surface area contributed by atoms with Crippen molar-refractivity contribution in [2.45, 2.75) is 12.8 Å². The highest BCUT2D eigenvalue weighted by atomic mass is 16.3. The average molecular weight is 177 g/mol. The van der Waals surface area contributed by atoms with Crippen molar-refractivity contribution in [2.75, 3.05) is 6.61 Å². The fraction of sp³-hybridized carbons (Fsp3) is 0.300. The molecule has 3 heteroatoms. The van der Waals surface area contributed by atoms with Crippen LogP contribution in [0.2, 0.25) is 0 Å². The molecule has 0 radical (unpaired) electrons. The molecule has 1 heterocycles. The van der Waals surface area contributed by atoms with Gasteiger partial charge in [0.25, 0.3) is 0 Å². The van der Waals surface area contributed by atoms with Crippen molar-refractivity contribution in [2.24, 2.45) is 0 Å². The number of aryl methyl sites for hydroxylation is 1. The maximum absolute atomic E-state index is 8.71. The van der Waals surface area contributed by atoms with Crippen LogP contribution in [0.15, 0.2) is 29.0 Å². The molecule has 0 spiro atoms. The number of nitrogens with zero attached hydrogens (tertiary/aromatic N) is 1. The Morgan fingerprint density at radius 1 is 1.38 bits per heavy atom. The second-order valence-corrected chi connectivity index (χ2v) is 2.94. The number of oxazole rings is 1. The molecule has 1 aromatic carbocycles. The van der Waals surface area contributed by atoms with E-state index in [0.29, 0.717) is 0 Å². The van der Waals surface area contributed by atoms with Crippen LogP contribution in [0.3, 0.4) is 0 Å². The highest BCUT2D eigenvalue weighted by Gasteiger charge is 2.03. The van der Waals surface area contributed by atoms with Crippen molar-refractivity contribution in [1.82, 2.24) is 4.98 Å². The maximum atomic E-state index is 8.71. The van der Waals surface area contributed by atoms with Crippen LogP contribution in [0.5, 0.6) is 0 Å². The van der Waals surface area contributed by atoms with Gasteiger partial charge in [-0.3, -0.25) is 0 Å². The molecule has 2 rings (SSSR count). The van der Waals surface area contributed by atoms with Crippen LogP contribution in [-0.2, 0) is 6.42 Å². The largest absolute Gasteiger partial charge is 0.443 e. The number of rotatable bonds is 3. The zero-order valence-electron chi connectivity index (χ0n) is 7.23. The molecular weight excluding hydrogens is 166 g/mol. The first-order valence-electron chi connectivity index (χ1n) is 4.34. The summed E-state index contributed by atoms with van der Waals surface area (Å²) in [5.74, 6) is 0. The Hall–Kier alpha value is -1.35. The van der Waals surface area contributed by atoms with E-state index in [1.165, 1.54) is 6.39 Å². The van der Waals surface area contributed by atoms with Gasteiger partial charge in [-0.2, -0.15) is 0 Å². The normalized spacial score (nSPS) is 10.8. The Bertz CT molecular complexity index is 394. The summed E-state index contributed by atoms with van der Waals surface area (Å²) in [6.07, 6.45) is 3.07. The van der Waals surface area contributed by atoms with E-state index in [4.69, 9.17) is 9.52 Å². The highest BCUT2D eigenvalue weighted by molar-refractivity contribution is 5.75. The molecule has 0 aliphatic rings. The molecule has 0 bridgehead atoms. The molecular formula is C10H11NO2. The summed E-state index contributed by atoms with van der Waals surface area (Å²) in [6.45, 7) is 0.217. The summed E-state index contributed by atoms with van der Waals surface area (Å²) in [6, 6.07) is 5.85.